The van der Waals surface area contributed by atoms with Gasteiger partial charge in [-0.1, -0.05) is 60.7 Å². The average molecular weight is 460 g/mol. The van der Waals surface area contributed by atoms with Crippen LogP contribution < -0.4 is 10.6 Å². The molecule has 1 aliphatic rings. The molecule has 0 saturated carbocycles. The maximum Gasteiger partial charge on any atom is 0.408 e. The third-order valence-electron chi connectivity index (χ3n) is 5.37. The van der Waals surface area contributed by atoms with Crippen LogP contribution in [0.4, 0.5) is 4.79 Å². The summed E-state index contributed by atoms with van der Waals surface area (Å²) in [7, 11) is -3.23. The van der Waals surface area contributed by atoms with E-state index in [1.165, 1.54) is 10.6 Å². The molecule has 1 atom stereocenters. The number of carbonyl (C=O) groups excluding carboxylic acids is 2. The van der Waals surface area contributed by atoms with Crippen LogP contribution in [0, 0.1) is 0 Å². The first-order valence-corrected chi connectivity index (χ1v) is 12.4. The lowest BCUT2D eigenvalue weighted by Gasteiger charge is -2.31. The summed E-state index contributed by atoms with van der Waals surface area (Å²) in [5.74, 6) is -0.316. The van der Waals surface area contributed by atoms with Gasteiger partial charge in [-0.25, -0.2) is 17.5 Å². The fourth-order valence-electron chi connectivity index (χ4n) is 3.60. The van der Waals surface area contributed by atoms with Gasteiger partial charge >= 0.3 is 6.09 Å². The van der Waals surface area contributed by atoms with Gasteiger partial charge in [-0.15, -0.1) is 0 Å². The molecule has 1 fully saturated rings. The largest absolute Gasteiger partial charge is 0.445 e. The van der Waals surface area contributed by atoms with Gasteiger partial charge in [0.1, 0.15) is 12.6 Å². The third-order valence-corrected chi connectivity index (χ3v) is 6.68. The Hall–Kier alpha value is -2.91. The third kappa shape index (κ3) is 7.35. The van der Waals surface area contributed by atoms with Gasteiger partial charge in [0.25, 0.3) is 0 Å². The van der Waals surface area contributed by atoms with Crippen molar-refractivity contribution in [1.29, 1.82) is 0 Å². The number of carbonyl (C=O) groups is 2. The average Bonchev–Trinajstić information content (AvgIpc) is 2.78. The highest BCUT2D eigenvalue weighted by Crippen LogP contribution is 2.14. The first kappa shape index (κ1) is 23.7. The van der Waals surface area contributed by atoms with E-state index in [0.717, 1.165) is 11.1 Å². The summed E-state index contributed by atoms with van der Waals surface area (Å²) in [5.41, 5.74) is 1.76. The second-order valence-electron chi connectivity index (χ2n) is 7.89. The number of nitrogens with zero attached hydrogens (tertiary/aromatic N) is 1. The van der Waals surface area contributed by atoms with Crippen molar-refractivity contribution >= 4 is 22.0 Å². The Morgan fingerprint density at radius 3 is 2.12 bits per heavy atom. The van der Waals surface area contributed by atoms with Crippen molar-refractivity contribution in [1.82, 2.24) is 14.9 Å². The maximum absolute atomic E-state index is 13.0. The minimum atomic E-state index is -3.23. The lowest BCUT2D eigenvalue weighted by Crippen LogP contribution is -2.53. The molecule has 1 heterocycles. The molecule has 1 saturated heterocycles. The molecule has 0 spiro atoms. The van der Waals surface area contributed by atoms with Crippen LogP contribution in [0.15, 0.2) is 60.7 Å². The van der Waals surface area contributed by atoms with Crippen LogP contribution in [-0.2, 0) is 32.6 Å². The Morgan fingerprint density at radius 1 is 1.00 bits per heavy atom. The summed E-state index contributed by atoms with van der Waals surface area (Å²) >= 11 is 0. The number of hydrogen-bond donors (Lipinski definition) is 2. The Morgan fingerprint density at radius 2 is 1.56 bits per heavy atom. The Labute approximate surface area is 189 Å². The SMILES string of the molecule is CS(=O)(=O)N1CCC(NC(=O)[C@@H](Cc2ccccc2)NC(=O)OCc2ccccc2)CC1. The zero-order valence-corrected chi connectivity index (χ0v) is 18.9. The van der Waals surface area contributed by atoms with E-state index in [2.05, 4.69) is 10.6 Å². The smallest absolute Gasteiger partial charge is 0.408 e. The molecule has 0 bridgehead atoms. The fraction of sp³-hybridized carbons (Fsp3) is 0.391. The van der Waals surface area contributed by atoms with Crippen molar-refractivity contribution in [2.24, 2.45) is 0 Å². The first-order valence-electron chi connectivity index (χ1n) is 10.6. The molecule has 8 nitrogen and oxygen atoms in total. The van der Waals surface area contributed by atoms with Crippen molar-refractivity contribution in [3.8, 4) is 0 Å². The van der Waals surface area contributed by atoms with Gasteiger partial charge in [0.2, 0.25) is 15.9 Å². The molecule has 32 heavy (non-hydrogen) atoms. The summed E-state index contributed by atoms with van der Waals surface area (Å²) in [5, 5.41) is 5.64. The summed E-state index contributed by atoms with van der Waals surface area (Å²) in [6, 6.07) is 17.7. The van der Waals surface area contributed by atoms with Crippen LogP contribution >= 0.6 is 0 Å². The second kappa shape index (κ2) is 11.1. The molecule has 0 unspecified atom stereocenters. The fourth-order valence-corrected chi connectivity index (χ4v) is 4.47. The molecule has 0 aromatic heterocycles. The minimum absolute atomic E-state index is 0.107. The number of sulfonamides is 1. The van der Waals surface area contributed by atoms with Gasteiger partial charge in [-0.2, -0.15) is 0 Å². The molecule has 2 N–H and O–H groups in total. The molecule has 172 valence electrons. The van der Waals surface area contributed by atoms with Crippen LogP contribution in [0.25, 0.3) is 0 Å². The molecule has 3 rings (SSSR count). The van der Waals surface area contributed by atoms with Crippen molar-refractivity contribution in [2.75, 3.05) is 19.3 Å². The quantitative estimate of drug-likeness (QED) is 0.629. The number of nitrogens with one attached hydrogen (secondary N) is 2. The molecule has 2 amide bonds. The van der Waals surface area contributed by atoms with E-state index in [9.17, 15) is 18.0 Å². The highest BCUT2D eigenvalue weighted by molar-refractivity contribution is 7.88. The minimum Gasteiger partial charge on any atom is -0.445 e. The predicted molar refractivity (Wildman–Crippen MR) is 121 cm³/mol. The van der Waals surface area contributed by atoms with Crippen molar-refractivity contribution in [2.45, 2.75) is 38.0 Å². The van der Waals surface area contributed by atoms with Crippen LogP contribution in [0.5, 0.6) is 0 Å². The van der Waals surface area contributed by atoms with E-state index in [1.807, 2.05) is 60.7 Å². The number of ether oxygens (including phenoxy) is 1. The monoisotopic (exact) mass is 459 g/mol. The van der Waals surface area contributed by atoms with Crippen molar-refractivity contribution in [3.05, 3.63) is 71.8 Å². The van der Waals surface area contributed by atoms with Gasteiger partial charge < -0.3 is 15.4 Å². The number of rotatable bonds is 8. The molecule has 0 radical (unpaired) electrons. The van der Waals surface area contributed by atoms with Crippen LogP contribution in [0.2, 0.25) is 0 Å². The van der Waals surface area contributed by atoms with Crippen molar-refractivity contribution < 1.29 is 22.7 Å². The Kier molecular flexibility index (Phi) is 8.24. The van der Waals surface area contributed by atoms with Crippen LogP contribution in [0.3, 0.4) is 0 Å². The van der Waals surface area contributed by atoms with E-state index >= 15 is 0 Å². The molecule has 9 heteroatoms. The number of alkyl carbamates (subject to hydrolysis) is 1. The zero-order chi connectivity index (χ0) is 23.0. The molecular formula is C23H29N3O5S. The van der Waals surface area contributed by atoms with E-state index in [4.69, 9.17) is 4.74 Å². The zero-order valence-electron chi connectivity index (χ0n) is 18.1. The summed E-state index contributed by atoms with van der Waals surface area (Å²) in [4.78, 5) is 25.4. The van der Waals surface area contributed by atoms with E-state index in [-0.39, 0.29) is 18.6 Å². The number of amides is 2. The number of hydrogen-bond acceptors (Lipinski definition) is 5. The molecule has 1 aliphatic heterocycles. The summed E-state index contributed by atoms with van der Waals surface area (Å²) in [6.45, 7) is 0.829. The van der Waals surface area contributed by atoms with Gasteiger partial charge in [-0.3, -0.25) is 4.79 Å². The first-order chi connectivity index (χ1) is 15.3. The lowest BCUT2D eigenvalue weighted by molar-refractivity contribution is -0.124. The van der Waals surface area contributed by atoms with E-state index in [1.54, 1.807) is 0 Å². The van der Waals surface area contributed by atoms with E-state index in [0.29, 0.717) is 32.4 Å². The standard InChI is InChI=1S/C23H29N3O5S/c1-32(29,30)26-14-12-20(13-15-26)24-22(27)21(16-18-8-4-2-5-9-18)25-23(28)31-17-19-10-6-3-7-11-19/h2-11,20-21H,12-17H2,1H3,(H,24,27)(H,25,28)/t21-/m1/s1. The number of benzene rings is 2. The van der Waals surface area contributed by atoms with Gasteiger partial charge in [0, 0.05) is 25.6 Å². The molecule has 2 aromatic carbocycles. The van der Waals surface area contributed by atoms with Crippen molar-refractivity contribution in [3.63, 3.8) is 0 Å². The Bertz CT molecular complexity index is 991. The van der Waals surface area contributed by atoms with Gasteiger partial charge in [0.15, 0.2) is 0 Å². The Balaban J connectivity index is 1.59. The molecule has 0 aliphatic carbocycles. The highest BCUT2D eigenvalue weighted by Gasteiger charge is 2.29. The number of piperidine rings is 1. The second-order valence-corrected chi connectivity index (χ2v) is 9.88. The summed E-state index contributed by atoms with van der Waals surface area (Å²) < 4.78 is 30.1. The van der Waals surface area contributed by atoms with E-state index < -0.39 is 22.2 Å². The van der Waals surface area contributed by atoms with Gasteiger partial charge in [-0.05, 0) is 24.0 Å². The summed E-state index contributed by atoms with van der Waals surface area (Å²) in [6.07, 6.45) is 1.88. The van der Waals surface area contributed by atoms with Gasteiger partial charge in [0.05, 0.1) is 6.26 Å². The molecular weight excluding hydrogens is 430 g/mol. The topological polar surface area (TPSA) is 105 Å². The maximum atomic E-state index is 13.0. The normalized spacial score (nSPS) is 16.2. The van der Waals surface area contributed by atoms with Crippen LogP contribution in [0.1, 0.15) is 24.0 Å². The predicted octanol–water partition coefficient (Wildman–Crippen LogP) is 2.06. The molecule has 2 aromatic rings. The lowest BCUT2D eigenvalue weighted by atomic mass is 10.0. The highest BCUT2D eigenvalue weighted by atomic mass is 32.2. The van der Waals surface area contributed by atoms with Crippen LogP contribution in [-0.4, -0.2) is 56.2 Å².